The highest BCUT2D eigenvalue weighted by Gasteiger charge is 2.56. The van der Waals surface area contributed by atoms with E-state index in [0.29, 0.717) is 5.41 Å². The van der Waals surface area contributed by atoms with Gasteiger partial charge in [0.15, 0.2) is 0 Å². The minimum absolute atomic E-state index is 0.636. The molecule has 0 aromatic heterocycles. The summed E-state index contributed by atoms with van der Waals surface area (Å²) >= 11 is 0. The van der Waals surface area contributed by atoms with Gasteiger partial charge < -0.3 is 0 Å². The molecule has 1 fully saturated rings. The Morgan fingerprint density at radius 3 is 2.06 bits per heavy atom. The topological polar surface area (TPSA) is 0 Å². The second-order valence-electron chi connectivity index (χ2n) is 6.74. The number of rotatable bonds is 5. The quantitative estimate of drug-likeness (QED) is 0.588. The van der Waals surface area contributed by atoms with Gasteiger partial charge in [0.2, 0.25) is 0 Å². The van der Waals surface area contributed by atoms with Crippen LogP contribution >= 0.6 is 0 Å². The van der Waals surface area contributed by atoms with Gasteiger partial charge in [-0.3, -0.25) is 0 Å². The van der Waals surface area contributed by atoms with Crippen LogP contribution in [0.1, 0.15) is 67.7 Å². The monoisotopic (exact) mass is 224 g/mol. The van der Waals surface area contributed by atoms with E-state index in [4.69, 9.17) is 0 Å². The van der Waals surface area contributed by atoms with Crippen LogP contribution in [0.15, 0.2) is 0 Å². The molecule has 16 heavy (non-hydrogen) atoms. The molecule has 0 nitrogen and oxygen atoms in total. The lowest BCUT2D eigenvalue weighted by atomic mass is 9.43. The maximum Gasteiger partial charge on any atom is -0.0266 e. The van der Waals surface area contributed by atoms with E-state index in [9.17, 15) is 0 Å². The zero-order chi connectivity index (χ0) is 12.5. The largest absolute Gasteiger partial charge is 0.0654 e. The molecule has 0 heterocycles. The third-order valence-electron chi connectivity index (χ3n) is 5.82. The van der Waals surface area contributed by atoms with Crippen LogP contribution in [0.3, 0.4) is 0 Å². The van der Waals surface area contributed by atoms with E-state index in [-0.39, 0.29) is 0 Å². The van der Waals surface area contributed by atoms with Gasteiger partial charge in [0.25, 0.3) is 0 Å². The molecular weight excluding hydrogens is 192 g/mol. The molecule has 0 bridgehead atoms. The molecule has 1 aliphatic carbocycles. The van der Waals surface area contributed by atoms with Crippen LogP contribution in [-0.2, 0) is 0 Å². The summed E-state index contributed by atoms with van der Waals surface area (Å²) in [6.07, 6.45) is 4.15. The smallest absolute Gasteiger partial charge is 0.0266 e. The van der Waals surface area contributed by atoms with Gasteiger partial charge in [-0.25, -0.2) is 0 Å². The predicted molar refractivity (Wildman–Crippen MR) is 73.5 cm³/mol. The normalized spacial score (nSPS) is 40.9. The van der Waals surface area contributed by atoms with Crippen molar-refractivity contribution in [1.29, 1.82) is 0 Å². The van der Waals surface area contributed by atoms with Gasteiger partial charge in [-0.15, -0.1) is 0 Å². The zero-order valence-electron chi connectivity index (χ0n) is 12.5. The summed E-state index contributed by atoms with van der Waals surface area (Å²) in [6.45, 7) is 17.0. The summed E-state index contributed by atoms with van der Waals surface area (Å²) in [5.74, 6) is 4.61. The van der Waals surface area contributed by atoms with E-state index in [1.807, 2.05) is 0 Å². The molecule has 1 aliphatic rings. The Labute approximate surface area is 103 Å². The first-order chi connectivity index (χ1) is 7.40. The zero-order valence-corrected chi connectivity index (χ0v) is 12.5. The van der Waals surface area contributed by atoms with Crippen LogP contribution in [0, 0.1) is 35.0 Å². The Morgan fingerprint density at radius 1 is 1.12 bits per heavy atom. The Bertz CT molecular complexity index is 218. The first kappa shape index (κ1) is 14.1. The molecule has 1 rings (SSSR count). The van der Waals surface area contributed by atoms with Crippen molar-refractivity contribution in [3.63, 3.8) is 0 Å². The third kappa shape index (κ3) is 2.05. The van der Waals surface area contributed by atoms with Crippen molar-refractivity contribution in [2.45, 2.75) is 67.7 Å². The lowest BCUT2D eigenvalue weighted by molar-refractivity contribution is -0.140. The molecule has 96 valence electrons. The molecule has 0 N–H and O–H groups in total. The SMILES string of the molecule is CCCC1(C)C(C)C(C(C)C(C)C)C1CC. The van der Waals surface area contributed by atoms with Crippen LogP contribution in [-0.4, -0.2) is 0 Å². The standard InChI is InChI=1S/C16H32/c1-8-10-16(7)13(6)15(14(16)9-2)12(5)11(3)4/h11-15H,8-10H2,1-7H3. The van der Waals surface area contributed by atoms with Crippen LogP contribution in [0.4, 0.5) is 0 Å². The Hall–Kier alpha value is 0. The molecule has 0 amide bonds. The molecule has 5 unspecified atom stereocenters. The summed E-state index contributed by atoms with van der Waals surface area (Å²) < 4.78 is 0. The van der Waals surface area contributed by atoms with E-state index >= 15 is 0 Å². The second-order valence-corrected chi connectivity index (χ2v) is 6.74. The van der Waals surface area contributed by atoms with Gasteiger partial charge in [-0.2, -0.15) is 0 Å². The minimum Gasteiger partial charge on any atom is -0.0654 e. The third-order valence-corrected chi connectivity index (χ3v) is 5.82. The van der Waals surface area contributed by atoms with Crippen molar-refractivity contribution in [3.8, 4) is 0 Å². The highest BCUT2D eigenvalue weighted by Crippen LogP contribution is 2.62. The second kappa shape index (κ2) is 5.10. The molecule has 0 aromatic carbocycles. The van der Waals surface area contributed by atoms with Crippen molar-refractivity contribution in [2.24, 2.45) is 35.0 Å². The predicted octanol–water partition coefficient (Wildman–Crippen LogP) is 5.38. The van der Waals surface area contributed by atoms with E-state index in [1.54, 1.807) is 0 Å². The van der Waals surface area contributed by atoms with Crippen molar-refractivity contribution in [3.05, 3.63) is 0 Å². The maximum atomic E-state index is 2.54. The molecule has 5 atom stereocenters. The number of hydrogen-bond donors (Lipinski definition) is 0. The van der Waals surface area contributed by atoms with Gasteiger partial charge in [0.1, 0.15) is 0 Å². The Balaban J connectivity index is 2.77. The van der Waals surface area contributed by atoms with Crippen molar-refractivity contribution < 1.29 is 0 Å². The van der Waals surface area contributed by atoms with Gasteiger partial charge in [-0.05, 0) is 41.4 Å². The van der Waals surface area contributed by atoms with Gasteiger partial charge in [-0.1, -0.05) is 61.3 Å². The fourth-order valence-electron chi connectivity index (χ4n) is 4.40. The molecule has 0 heteroatoms. The van der Waals surface area contributed by atoms with Crippen molar-refractivity contribution in [1.82, 2.24) is 0 Å². The van der Waals surface area contributed by atoms with Gasteiger partial charge in [0, 0.05) is 0 Å². The maximum absolute atomic E-state index is 2.54. The van der Waals surface area contributed by atoms with Crippen molar-refractivity contribution in [2.75, 3.05) is 0 Å². The van der Waals surface area contributed by atoms with Gasteiger partial charge in [0.05, 0.1) is 0 Å². The van der Waals surface area contributed by atoms with Crippen LogP contribution in [0.2, 0.25) is 0 Å². The number of hydrogen-bond acceptors (Lipinski definition) is 0. The molecule has 0 radical (unpaired) electrons. The van der Waals surface area contributed by atoms with Crippen LogP contribution in [0.25, 0.3) is 0 Å². The minimum atomic E-state index is 0.636. The fraction of sp³-hybridized carbons (Fsp3) is 1.00. The van der Waals surface area contributed by atoms with Gasteiger partial charge >= 0.3 is 0 Å². The Morgan fingerprint density at radius 2 is 1.69 bits per heavy atom. The average Bonchev–Trinajstić information content (AvgIpc) is 2.23. The first-order valence-corrected chi connectivity index (χ1v) is 7.40. The summed E-state index contributed by atoms with van der Waals surface area (Å²) in [7, 11) is 0. The molecule has 1 saturated carbocycles. The molecule has 0 spiro atoms. The van der Waals surface area contributed by atoms with Crippen LogP contribution in [0.5, 0.6) is 0 Å². The lowest BCUT2D eigenvalue weighted by Crippen LogP contribution is -2.56. The molecular formula is C16H32. The highest BCUT2D eigenvalue weighted by atomic mass is 14.6. The van der Waals surface area contributed by atoms with E-state index in [0.717, 1.165) is 29.6 Å². The highest BCUT2D eigenvalue weighted by molar-refractivity contribution is 5.04. The van der Waals surface area contributed by atoms with Crippen LogP contribution < -0.4 is 0 Å². The fourth-order valence-corrected chi connectivity index (χ4v) is 4.40. The molecule has 0 aliphatic heterocycles. The molecule has 0 aromatic rings. The summed E-state index contributed by atoms with van der Waals surface area (Å²) in [5, 5.41) is 0. The van der Waals surface area contributed by atoms with E-state index < -0.39 is 0 Å². The Kier molecular flexibility index (Phi) is 4.49. The average molecular weight is 224 g/mol. The first-order valence-electron chi connectivity index (χ1n) is 7.40. The van der Waals surface area contributed by atoms with E-state index in [1.165, 1.54) is 19.3 Å². The molecule has 0 saturated heterocycles. The summed E-state index contributed by atoms with van der Waals surface area (Å²) in [5.41, 5.74) is 0.636. The lowest BCUT2D eigenvalue weighted by Gasteiger charge is -2.62. The summed E-state index contributed by atoms with van der Waals surface area (Å²) in [6, 6.07) is 0. The van der Waals surface area contributed by atoms with Crippen molar-refractivity contribution >= 4 is 0 Å². The van der Waals surface area contributed by atoms with E-state index in [2.05, 4.69) is 48.5 Å². The summed E-state index contributed by atoms with van der Waals surface area (Å²) in [4.78, 5) is 0.